The molecule has 0 saturated heterocycles. The van der Waals surface area contributed by atoms with Crippen LogP contribution in [-0.4, -0.2) is 21.7 Å². The third-order valence-electron chi connectivity index (χ3n) is 1.91. The fourth-order valence-corrected chi connectivity index (χ4v) is 1.11. The van der Waals surface area contributed by atoms with E-state index < -0.39 is 0 Å². The van der Waals surface area contributed by atoms with Gasteiger partial charge in [-0.25, -0.2) is 0 Å². The van der Waals surface area contributed by atoms with Crippen molar-refractivity contribution in [2.75, 3.05) is 5.73 Å². The van der Waals surface area contributed by atoms with Crippen LogP contribution in [0.2, 0.25) is 0 Å². The van der Waals surface area contributed by atoms with E-state index in [0.717, 1.165) is 0 Å². The maximum absolute atomic E-state index is 11.4. The van der Waals surface area contributed by atoms with Crippen LogP contribution in [0.3, 0.4) is 0 Å². The molecule has 0 spiro atoms. The molecule has 0 bridgehead atoms. The summed E-state index contributed by atoms with van der Waals surface area (Å²) in [6.45, 7) is 2.05. The Hall–Kier alpha value is -1.96. The highest BCUT2D eigenvalue weighted by Gasteiger charge is 2.08. The molecule has 0 aromatic carbocycles. The summed E-state index contributed by atoms with van der Waals surface area (Å²) >= 11 is 0. The van der Waals surface area contributed by atoms with Gasteiger partial charge in [-0.15, -0.1) is 6.42 Å². The summed E-state index contributed by atoms with van der Waals surface area (Å²) in [4.78, 5) is 11.4. The topological polar surface area (TPSA) is 72.9 Å². The number of rotatable bonds is 4. The van der Waals surface area contributed by atoms with Crippen LogP contribution < -0.4 is 11.1 Å². The Labute approximate surface area is 88.6 Å². The molecule has 5 heteroatoms. The fourth-order valence-electron chi connectivity index (χ4n) is 1.11. The van der Waals surface area contributed by atoms with Gasteiger partial charge in [0.25, 0.3) is 0 Å². The molecule has 1 atom stereocenters. The molecule has 1 unspecified atom stereocenters. The van der Waals surface area contributed by atoms with E-state index in [1.165, 1.54) is 4.68 Å². The van der Waals surface area contributed by atoms with Gasteiger partial charge in [-0.3, -0.25) is 9.48 Å². The molecule has 1 amide bonds. The Kier molecular flexibility index (Phi) is 3.75. The van der Waals surface area contributed by atoms with Gasteiger partial charge in [-0.2, -0.15) is 5.10 Å². The highest BCUT2D eigenvalue weighted by atomic mass is 16.2. The molecule has 0 aliphatic heterocycles. The predicted molar refractivity (Wildman–Crippen MR) is 57.7 cm³/mol. The summed E-state index contributed by atoms with van der Waals surface area (Å²) in [5, 5.41) is 6.59. The largest absolute Gasteiger partial charge is 0.382 e. The van der Waals surface area contributed by atoms with Crippen molar-refractivity contribution < 1.29 is 4.79 Å². The fraction of sp³-hybridized carbons (Fsp3) is 0.400. The van der Waals surface area contributed by atoms with Crippen LogP contribution >= 0.6 is 0 Å². The van der Waals surface area contributed by atoms with Gasteiger partial charge in [0.05, 0.1) is 6.04 Å². The van der Waals surface area contributed by atoms with E-state index >= 15 is 0 Å². The van der Waals surface area contributed by atoms with Gasteiger partial charge in [0.15, 0.2) is 0 Å². The number of amides is 1. The summed E-state index contributed by atoms with van der Waals surface area (Å²) in [6, 6.07) is 1.41. The van der Waals surface area contributed by atoms with Crippen molar-refractivity contribution >= 4 is 11.7 Å². The van der Waals surface area contributed by atoms with Crippen LogP contribution in [0.1, 0.15) is 13.3 Å². The average molecular weight is 206 g/mol. The third kappa shape index (κ3) is 3.35. The van der Waals surface area contributed by atoms with Crippen molar-refractivity contribution in [2.45, 2.75) is 25.9 Å². The summed E-state index contributed by atoms with van der Waals surface area (Å²) in [7, 11) is 0. The van der Waals surface area contributed by atoms with Crippen LogP contribution in [0.4, 0.5) is 5.82 Å². The zero-order valence-corrected chi connectivity index (χ0v) is 8.60. The van der Waals surface area contributed by atoms with Crippen molar-refractivity contribution in [3.63, 3.8) is 0 Å². The monoisotopic (exact) mass is 206 g/mol. The van der Waals surface area contributed by atoms with Crippen molar-refractivity contribution in [1.29, 1.82) is 0 Å². The first-order valence-corrected chi connectivity index (χ1v) is 4.70. The number of hydrogen-bond acceptors (Lipinski definition) is 3. The summed E-state index contributed by atoms with van der Waals surface area (Å²) < 4.78 is 1.47. The van der Waals surface area contributed by atoms with Crippen LogP contribution in [0.25, 0.3) is 0 Å². The van der Waals surface area contributed by atoms with Gasteiger partial charge in [-0.05, 0) is 12.5 Å². The molecule has 1 rings (SSSR count). The number of nitrogens with two attached hydrogens (primary N) is 1. The number of nitrogens with one attached hydrogen (secondary N) is 1. The van der Waals surface area contributed by atoms with E-state index in [1.807, 2.05) is 6.92 Å². The Morgan fingerprint density at radius 1 is 1.87 bits per heavy atom. The smallest absolute Gasteiger partial charge is 0.242 e. The first kappa shape index (κ1) is 11.1. The van der Waals surface area contributed by atoms with Crippen molar-refractivity contribution in [2.24, 2.45) is 0 Å². The molecular weight excluding hydrogens is 192 g/mol. The van der Waals surface area contributed by atoms with Gasteiger partial charge in [0.1, 0.15) is 12.4 Å². The molecule has 80 valence electrons. The first-order chi connectivity index (χ1) is 7.15. The van der Waals surface area contributed by atoms with Crippen LogP contribution in [0, 0.1) is 12.3 Å². The van der Waals surface area contributed by atoms with Crippen molar-refractivity contribution in [3.8, 4) is 12.3 Å². The minimum Gasteiger partial charge on any atom is -0.382 e. The minimum atomic E-state index is -0.217. The lowest BCUT2D eigenvalue weighted by atomic mass is 10.2. The molecule has 3 N–H and O–H groups in total. The number of hydrogen-bond donors (Lipinski definition) is 2. The van der Waals surface area contributed by atoms with Crippen LogP contribution in [0.15, 0.2) is 12.3 Å². The summed E-state index contributed by atoms with van der Waals surface area (Å²) in [5.74, 6) is 2.72. The zero-order valence-electron chi connectivity index (χ0n) is 8.60. The summed E-state index contributed by atoms with van der Waals surface area (Å²) in [5.41, 5.74) is 5.41. The Balaban J connectivity index is 2.46. The standard InChI is InChI=1S/C10H14N4O/c1-3-8(4-2)12-10(15)7-14-6-5-9(11)13-14/h1,5-6,8H,4,7H2,2H3,(H2,11,13)(H,12,15). The number of aromatic nitrogens is 2. The Morgan fingerprint density at radius 2 is 2.60 bits per heavy atom. The number of anilines is 1. The van der Waals surface area contributed by atoms with E-state index in [0.29, 0.717) is 12.2 Å². The molecule has 0 radical (unpaired) electrons. The van der Waals surface area contributed by atoms with Crippen molar-refractivity contribution in [3.05, 3.63) is 12.3 Å². The predicted octanol–water partition coefficient (Wildman–Crippen LogP) is -0.00670. The molecule has 0 aliphatic rings. The molecule has 5 nitrogen and oxygen atoms in total. The maximum atomic E-state index is 11.4. The number of terminal acetylenes is 1. The number of carbonyl (C=O) groups is 1. The van der Waals surface area contributed by atoms with Gasteiger partial charge in [0, 0.05) is 6.20 Å². The molecule has 1 aromatic rings. The Bertz CT molecular complexity index is 377. The van der Waals surface area contributed by atoms with E-state index in [2.05, 4.69) is 16.3 Å². The molecule has 1 aromatic heterocycles. The van der Waals surface area contributed by atoms with Gasteiger partial charge >= 0.3 is 0 Å². The first-order valence-electron chi connectivity index (χ1n) is 4.70. The lowest BCUT2D eigenvalue weighted by Gasteiger charge is -2.10. The minimum absolute atomic E-state index is 0.134. The normalized spacial score (nSPS) is 11.7. The number of carbonyl (C=O) groups excluding carboxylic acids is 1. The highest BCUT2D eigenvalue weighted by molar-refractivity contribution is 5.76. The lowest BCUT2D eigenvalue weighted by Crippen LogP contribution is -2.35. The van der Waals surface area contributed by atoms with E-state index in [1.54, 1.807) is 12.3 Å². The quantitative estimate of drug-likeness (QED) is 0.681. The van der Waals surface area contributed by atoms with Gasteiger partial charge < -0.3 is 11.1 Å². The molecule has 0 fully saturated rings. The summed E-state index contributed by atoms with van der Waals surface area (Å²) in [6.07, 6.45) is 7.58. The zero-order chi connectivity index (χ0) is 11.3. The second-order valence-corrected chi connectivity index (χ2v) is 3.13. The van der Waals surface area contributed by atoms with Crippen LogP contribution in [-0.2, 0) is 11.3 Å². The third-order valence-corrected chi connectivity index (χ3v) is 1.91. The van der Waals surface area contributed by atoms with E-state index in [9.17, 15) is 4.79 Å². The molecular formula is C10H14N4O. The average Bonchev–Trinajstić information content (AvgIpc) is 2.60. The van der Waals surface area contributed by atoms with E-state index in [-0.39, 0.29) is 18.5 Å². The maximum Gasteiger partial charge on any atom is 0.242 e. The van der Waals surface area contributed by atoms with Gasteiger partial charge in [0.2, 0.25) is 5.91 Å². The van der Waals surface area contributed by atoms with Gasteiger partial charge in [-0.1, -0.05) is 12.8 Å². The van der Waals surface area contributed by atoms with E-state index in [4.69, 9.17) is 12.2 Å². The molecule has 15 heavy (non-hydrogen) atoms. The second-order valence-electron chi connectivity index (χ2n) is 3.13. The molecule has 0 aliphatic carbocycles. The number of nitrogen functional groups attached to an aromatic ring is 1. The SMILES string of the molecule is C#CC(CC)NC(=O)Cn1ccc(N)n1. The van der Waals surface area contributed by atoms with Crippen molar-refractivity contribution in [1.82, 2.24) is 15.1 Å². The highest BCUT2D eigenvalue weighted by Crippen LogP contribution is 1.95. The molecule has 1 heterocycles. The number of nitrogens with zero attached hydrogens (tertiary/aromatic N) is 2. The lowest BCUT2D eigenvalue weighted by molar-refractivity contribution is -0.122. The molecule has 0 saturated carbocycles. The Morgan fingerprint density at radius 3 is 3.07 bits per heavy atom. The van der Waals surface area contributed by atoms with Crippen LogP contribution in [0.5, 0.6) is 0 Å². The second kappa shape index (κ2) is 5.05.